The minimum absolute atomic E-state index is 0.206. The summed E-state index contributed by atoms with van der Waals surface area (Å²) in [6, 6.07) is 10.3. The van der Waals surface area contributed by atoms with Crippen molar-refractivity contribution in [1.82, 2.24) is 19.7 Å². The maximum Gasteiger partial charge on any atom is 0.233 e. The predicted molar refractivity (Wildman–Crippen MR) is 91.7 cm³/mol. The normalized spacial score (nSPS) is 18.1. The van der Waals surface area contributed by atoms with E-state index in [0.717, 1.165) is 31.5 Å². The van der Waals surface area contributed by atoms with E-state index in [1.165, 1.54) is 18.2 Å². The van der Waals surface area contributed by atoms with Gasteiger partial charge in [0.2, 0.25) is 11.1 Å². The number of nitrogens with zero attached hydrogens (tertiary/aromatic N) is 4. The number of amides is 1. The number of benzene rings is 1. The van der Waals surface area contributed by atoms with E-state index < -0.39 is 0 Å². The molecule has 1 aliphatic rings. The van der Waals surface area contributed by atoms with Gasteiger partial charge in [-0.1, -0.05) is 36.9 Å². The number of aromatic nitrogens is 3. The summed E-state index contributed by atoms with van der Waals surface area (Å²) >= 11 is 1.42. The average Bonchev–Trinajstić information content (AvgIpc) is 3.09. The molecule has 0 radical (unpaired) electrons. The third kappa shape index (κ3) is 3.93. The quantitative estimate of drug-likeness (QED) is 0.790. The minimum Gasteiger partial charge on any atom is -0.339 e. The third-order valence-corrected chi connectivity index (χ3v) is 5.07. The Balaban J connectivity index is 1.58. The molecule has 2 aromatic rings. The van der Waals surface area contributed by atoms with E-state index in [2.05, 4.69) is 17.0 Å². The zero-order valence-corrected chi connectivity index (χ0v) is 14.2. The van der Waals surface area contributed by atoms with Crippen LogP contribution in [-0.4, -0.2) is 43.9 Å². The number of para-hydroxylation sites is 1. The Morgan fingerprint density at radius 1 is 1.30 bits per heavy atom. The standard InChI is InChI=1S/C17H22N4OS/c1-2-14-8-6-7-11-20(14)16(22)12-23-17-18-13-21(19-17)15-9-4-3-5-10-15/h3-5,9-10,13-14H,2,6-8,11-12H2,1H3. The molecule has 1 aliphatic heterocycles. The Morgan fingerprint density at radius 3 is 2.91 bits per heavy atom. The average molecular weight is 330 g/mol. The Labute approximate surface area is 141 Å². The molecule has 1 amide bonds. The van der Waals surface area contributed by atoms with Crippen LogP contribution < -0.4 is 0 Å². The second kappa shape index (κ2) is 7.64. The van der Waals surface area contributed by atoms with Crippen molar-refractivity contribution < 1.29 is 4.79 Å². The molecule has 0 bridgehead atoms. The van der Waals surface area contributed by atoms with Gasteiger partial charge in [0.1, 0.15) is 6.33 Å². The summed E-state index contributed by atoms with van der Waals surface area (Å²) in [5.41, 5.74) is 0.972. The molecule has 0 spiro atoms. The van der Waals surface area contributed by atoms with Gasteiger partial charge in [0, 0.05) is 12.6 Å². The monoisotopic (exact) mass is 330 g/mol. The van der Waals surface area contributed by atoms with Crippen molar-refractivity contribution in [2.24, 2.45) is 0 Å². The van der Waals surface area contributed by atoms with Gasteiger partial charge in [-0.15, -0.1) is 5.10 Å². The van der Waals surface area contributed by atoms with Crippen LogP contribution in [0, 0.1) is 0 Å². The van der Waals surface area contributed by atoms with Crippen LogP contribution in [0.15, 0.2) is 41.8 Å². The molecule has 122 valence electrons. The van der Waals surface area contributed by atoms with Gasteiger partial charge >= 0.3 is 0 Å². The van der Waals surface area contributed by atoms with Crippen LogP contribution in [0.5, 0.6) is 0 Å². The maximum atomic E-state index is 12.5. The molecule has 5 nitrogen and oxygen atoms in total. The highest BCUT2D eigenvalue weighted by atomic mass is 32.2. The molecule has 1 aromatic heterocycles. The van der Waals surface area contributed by atoms with E-state index in [-0.39, 0.29) is 5.91 Å². The van der Waals surface area contributed by atoms with Crippen molar-refractivity contribution in [2.45, 2.75) is 43.8 Å². The second-order valence-electron chi connectivity index (χ2n) is 5.74. The number of carbonyl (C=O) groups excluding carboxylic acids is 1. The molecule has 2 heterocycles. The van der Waals surface area contributed by atoms with E-state index in [0.29, 0.717) is 17.0 Å². The molecule has 0 N–H and O–H groups in total. The number of likely N-dealkylation sites (tertiary alicyclic amines) is 1. The van der Waals surface area contributed by atoms with E-state index in [4.69, 9.17) is 0 Å². The lowest BCUT2D eigenvalue weighted by molar-refractivity contribution is -0.132. The number of hydrogen-bond donors (Lipinski definition) is 0. The number of thioether (sulfide) groups is 1. The van der Waals surface area contributed by atoms with Crippen LogP contribution in [-0.2, 0) is 4.79 Å². The molecular formula is C17H22N4OS. The van der Waals surface area contributed by atoms with Gasteiger partial charge in [0.15, 0.2) is 0 Å². The lowest BCUT2D eigenvalue weighted by Crippen LogP contribution is -2.44. The van der Waals surface area contributed by atoms with Crippen molar-refractivity contribution in [3.05, 3.63) is 36.7 Å². The summed E-state index contributed by atoms with van der Waals surface area (Å²) in [7, 11) is 0. The first-order valence-corrected chi connectivity index (χ1v) is 9.16. The van der Waals surface area contributed by atoms with Gasteiger partial charge in [0.05, 0.1) is 11.4 Å². The van der Waals surface area contributed by atoms with Crippen LogP contribution in [0.25, 0.3) is 5.69 Å². The molecule has 0 saturated carbocycles. The van der Waals surface area contributed by atoms with Crippen molar-refractivity contribution in [3.63, 3.8) is 0 Å². The lowest BCUT2D eigenvalue weighted by Gasteiger charge is -2.35. The SMILES string of the molecule is CCC1CCCCN1C(=O)CSc1ncn(-c2ccccc2)n1. The Bertz CT molecular complexity index is 643. The van der Waals surface area contributed by atoms with Crippen molar-refractivity contribution in [2.75, 3.05) is 12.3 Å². The fourth-order valence-electron chi connectivity index (χ4n) is 2.98. The number of hydrogen-bond acceptors (Lipinski definition) is 4. The summed E-state index contributed by atoms with van der Waals surface area (Å²) in [6.07, 6.45) is 6.22. The number of piperidine rings is 1. The molecule has 1 saturated heterocycles. The van der Waals surface area contributed by atoms with Crippen LogP contribution in [0.2, 0.25) is 0 Å². The lowest BCUT2D eigenvalue weighted by atomic mass is 10.0. The predicted octanol–water partition coefficient (Wildman–Crippen LogP) is 3.15. The van der Waals surface area contributed by atoms with Crippen LogP contribution in [0.4, 0.5) is 0 Å². The molecular weight excluding hydrogens is 308 g/mol. The van der Waals surface area contributed by atoms with E-state index >= 15 is 0 Å². The first kappa shape index (κ1) is 16.1. The number of carbonyl (C=O) groups is 1. The summed E-state index contributed by atoms with van der Waals surface area (Å²) < 4.78 is 1.74. The highest BCUT2D eigenvalue weighted by molar-refractivity contribution is 7.99. The van der Waals surface area contributed by atoms with E-state index in [1.807, 2.05) is 35.2 Å². The second-order valence-corrected chi connectivity index (χ2v) is 6.68. The van der Waals surface area contributed by atoms with Gasteiger partial charge in [-0.2, -0.15) is 0 Å². The first-order valence-electron chi connectivity index (χ1n) is 8.17. The molecule has 6 heteroatoms. The van der Waals surface area contributed by atoms with Crippen molar-refractivity contribution in [1.29, 1.82) is 0 Å². The summed E-state index contributed by atoms with van der Waals surface area (Å²) in [5, 5.41) is 5.08. The van der Waals surface area contributed by atoms with Gasteiger partial charge in [-0.25, -0.2) is 9.67 Å². The molecule has 1 unspecified atom stereocenters. The van der Waals surface area contributed by atoms with Crippen LogP contribution in [0.1, 0.15) is 32.6 Å². The van der Waals surface area contributed by atoms with Crippen LogP contribution >= 0.6 is 11.8 Å². The first-order chi connectivity index (χ1) is 11.3. The summed E-state index contributed by atoms with van der Waals surface area (Å²) in [4.78, 5) is 18.8. The highest BCUT2D eigenvalue weighted by Crippen LogP contribution is 2.22. The molecule has 1 atom stereocenters. The molecule has 23 heavy (non-hydrogen) atoms. The zero-order valence-electron chi connectivity index (χ0n) is 13.4. The van der Waals surface area contributed by atoms with E-state index in [1.54, 1.807) is 11.0 Å². The summed E-state index contributed by atoms with van der Waals surface area (Å²) in [6.45, 7) is 3.05. The molecule has 3 rings (SSSR count). The fraction of sp³-hybridized carbons (Fsp3) is 0.471. The minimum atomic E-state index is 0.206. The fourth-order valence-corrected chi connectivity index (χ4v) is 3.67. The number of rotatable bonds is 5. The molecule has 1 fully saturated rings. The van der Waals surface area contributed by atoms with E-state index in [9.17, 15) is 4.79 Å². The zero-order chi connectivity index (χ0) is 16.1. The van der Waals surface area contributed by atoms with Gasteiger partial charge in [-0.3, -0.25) is 4.79 Å². The Morgan fingerprint density at radius 2 is 2.13 bits per heavy atom. The van der Waals surface area contributed by atoms with Crippen molar-refractivity contribution in [3.8, 4) is 5.69 Å². The topological polar surface area (TPSA) is 51.0 Å². The Hall–Kier alpha value is -1.82. The molecule has 1 aromatic carbocycles. The summed E-state index contributed by atoms with van der Waals surface area (Å²) in [5.74, 6) is 0.618. The smallest absolute Gasteiger partial charge is 0.233 e. The maximum absolute atomic E-state index is 12.5. The Kier molecular flexibility index (Phi) is 5.33. The van der Waals surface area contributed by atoms with Gasteiger partial charge in [0.25, 0.3) is 0 Å². The molecule has 0 aliphatic carbocycles. The van der Waals surface area contributed by atoms with Crippen molar-refractivity contribution >= 4 is 17.7 Å². The third-order valence-electron chi connectivity index (χ3n) is 4.24. The highest BCUT2D eigenvalue weighted by Gasteiger charge is 2.25. The van der Waals surface area contributed by atoms with Gasteiger partial charge in [-0.05, 0) is 37.8 Å². The van der Waals surface area contributed by atoms with Crippen LogP contribution in [0.3, 0.4) is 0 Å². The van der Waals surface area contributed by atoms with Gasteiger partial charge < -0.3 is 4.90 Å². The largest absolute Gasteiger partial charge is 0.339 e.